The van der Waals surface area contributed by atoms with Gasteiger partial charge in [-0.1, -0.05) is 13.8 Å². The van der Waals surface area contributed by atoms with Crippen LogP contribution in [0.2, 0.25) is 1.41 Å². The molecule has 0 saturated carbocycles. The number of hydrogen-bond acceptors (Lipinski definition) is 1. The van der Waals surface area contributed by atoms with Crippen molar-refractivity contribution in [2.24, 2.45) is 11.8 Å². The largest absolute Gasteiger partial charge is 0.307 e. The van der Waals surface area contributed by atoms with Crippen LogP contribution in [0.4, 0.5) is 0 Å². The Hall–Kier alpha value is -0.0400. The molecule has 0 aromatic heterocycles. The molecule has 1 fully saturated rings. The maximum absolute atomic E-state index is 8.14. The summed E-state index contributed by atoms with van der Waals surface area (Å²) in [6.45, 7) is 13.4. The molecule has 1 heteroatoms. The van der Waals surface area contributed by atoms with Gasteiger partial charge >= 0.3 is 0 Å². The van der Waals surface area contributed by atoms with Gasteiger partial charge < -0.3 is 5.31 Å². The third-order valence-corrected chi connectivity index (χ3v) is 3.07. The minimum atomic E-state index is 0.0245. The summed E-state index contributed by atoms with van der Waals surface area (Å²) in [4.78, 5) is 0. The molecule has 1 aliphatic rings. The molecule has 0 aromatic carbocycles. The lowest BCUT2D eigenvalue weighted by molar-refractivity contribution is 0.103. The van der Waals surface area contributed by atoms with Crippen molar-refractivity contribution in [1.82, 2.24) is 5.31 Å². The van der Waals surface area contributed by atoms with Crippen molar-refractivity contribution < 1.29 is 1.41 Å². The second-order valence-corrected chi connectivity index (χ2v) is 6.15. The lowest BCUT2D eigenvalue weighted by Crippen LogP contribution is -2.58. The third kappa shape index (κ3) is 2.98. The van der Waals surface area contributed by atoms with E-state index in [0.717, 1.165) is 24.7 Å². The fourth-order valence-corrected chi connectivity index (χ4v) is 2.74. The molecule has 1 N–H and O–H groups in total. The molecule has 1 saturated heterocycles. The van der Waals surface area contributed by atoms with Crippen LogP contribution in [0.25, 0.3) is 0 Å². The molecule has 0 unspecified atom stereocenters. The number of nitrogens with one attached hydrogen (secondary N) is 1. The molecule has 1 heterocycles. The molecule has 0 radical (unpaired) electrons. The predicted octanol–water partition coefficient (Wildman–Crippen LogP) is 3.20. The van der Waals surface area contributed by atoms with E-state index < -0.39 is 0 Å². The maximum Gasteiger partial charge on any atom is 0.123 e. The highest BCUT2D eigenvalue weighted by atomic mass is 15.0. The monoisotopic (exact) mass is 185 g/mol. The van der Waals surface area contributed by atoms with Crippen molar-refractivity contribution in [3.63, 3.8) is 0 Å². The topological polar surface area (TPSA) is 12.0 Å². The first kappa shape index (κ1) is 9.51. The number of piperidine rings is 1. The SMILES string of the molecule is [3H]N1C(C)(C)CC(C(C)C)CC1(C)C. The van der Waals surface area contributed by atoms with Crippen molar-refractivity contribution in [2.75, 3.05) is 0 Å². The molecule has 13 heavy (non-hydrogen) atoms. The van der Waals surface area contributed by atoms with Crippen LogP contribution in [0.5, 0.6) is 0 Å². The van der Waals surface area contributed by atoms with E-state index in [1.54, 1.807) is 5.31 Å². The van der Waals surface area contributed by atoms with Crippen LogP contribution in [0.1, 0.15) is 54.4 Å². The molecular formula is C12H25N. The van der Waals surface area contributed by atoms with Crippen LogP contribution in [-0.4, -0.2) is 11.1 Å². The minimum absolute atomic E-state index is 0.0245. The molecule has 1 nitrogen and oxygen atoms in total. The number of hydrogen-bond donors (Lipinski definition) is 1. The van der Waals surface area contributed by atoms with Crippen LogP contribution in [0.3, 0.4) is 0 Å². The van der Waals surface area contributed by atoms with Crippen molar-refractivity contribution in [1.29, 1.82) is 0 Å². The van der Waals surface area contributed by atoms with Gasteiger partial charge in [-0.2, -0.15) is 0 Å². The summed E-state index contributed by atoms with van der Waals surface area (Å²) in [5, 5.41) is 1.80. The van der Waals surface area contributed by atoms with Gasteiger partial charge in [-0.3, -0.25) is 0 Å². The van der Waals surface area contributed by atoms with E-state index in [1.165, 1.54) is 0 Å². The highest BCUT2D eigenvalue weighted by Gasteiger charge is 2.38. The molecular weight excluding hydrogens is 158 g/mol. The van der Waals surface area contributed by atoms with Gasteiger partial charge in [0.25, 0.3) is 0 Å². The quantitative estimate of drug-likeness (QED) is 0.661. The van der Waals surface area contributed by atoms with Gasteiger partial charge in [0, 0.05) is 11.1 Å². The summed E-state index contributed by atoms with van der Waals surface area (Å²) >= 11 is 0. The Morgan fingerprint density at radius 3 is 1.85 bits per heavy atom. The molecule has 0 spiro atoms. The first-order chi connectivity index (χ1) is 6.17. The predicted molar refractivity (Wildman–Crippen MR) is 58.9 cm³/mol. The van der Waals surface area contributed by atoms with E-state index in [2.05, 4.69) is 41.5 Å². The smallest absolute Gasteiger partial charge is 0.123 e. The molecule has 0 aliphatic carbocycles. The van der Waals surface area contributed by atoms with Gasteiger partial charge in [0.2, 0.25) is 0 Å². The van der Waals surface area contributed by atoms with Crippen molar-refractivity contribution >= 4 is 0 Å². The Kier molecular flexibility index (Phi) is 2.39. The maximum atomic E-state index is 8.14. The van der Waals surface area contributed by atoms with Crippen LogP contribution >= 0.6 is 0 Å². The average Bonchev–Trinajstić information content (AvgIpc) is 1.98. The third-order valence-electron chi connectivity index (χ3n) is 3.07. The molecule has 78 valence electrons. The van der Waals surface area contributed by atoms with E-state index in [9.17, 15) is 0 Å². The molecule has 0 atom stereocenters. The van der Waals surface area contributed by atoms with Gasteiger partial charge in [0.1, 0.15) is 1.41 Å². The lowest BCUT2D eigenvalue weighted by Gasteiger charge is -2.47. The Labute approximate surface area is 84.8 Å². The summed E-state index contributed by atoms with van der Waals surface area (Å²) in [5.74, 6) is 1.50. The second kappa shape index (κ2) is 3.27. The zero-order chi connectivity index (χ0) is 11.1. The Balaban J connectivity index is 2.86. The molecule has 0 amide bonds. The van der Waals surface area contributed by atoms with E-state index in [1.807, 2.05) is 0 Å². The summed E-state index contributed by atoms with van der Waals surface area (Å²) in [6.07, 6.45) is 2.30. The van der Waals surface area contributed by atoms with Gasteiger partial charge in [-0.25, -0.2) is 0 Å². The standard InChI is InChI=1S/C12H25N/c1-9(2)10-7-11(3,4)13-12(5,6)8-10/h9-10,13H,7-8H2,1-6H3/i/hT. The summed E-state index contributed by atoms with van der Waals surface area (Å²) in [7, 11) is 0. The summed E-state index contributed by atoms with van der Waals surface area (Å²) in [6, 6.07) is 0. The van der Waals surface area contributed by atoms with Crippen molar-refractivity contribution in [3.05, 3.63) is 0 Å². The van der Waals surface area contributed by atoms with E-state index in [0.29, 0.717) is 0 Å². The first-order valence-electron chi connectivity index (χ1n) is 5.91. The number of rotatable bonds is 1. The molecule has 0 bridgehead atoms. The Morgan fingerprint density at radius 1 is 1.15 bits per heavy atom. The zero-order valence-corrected chi connectivity index (χ0v) is 10.0. The minimum Gasteiger partial charge on any atom is -0.307 e. The van der Waals surface area contributed by atoms with Crippen LogP contribution < -0.4 is 5.31 Å². The highest BCUT2D eigenvalue weighted by molar-refractivity contribution is 4.97. The van der Waals surface area contributed by atoms with Crippen LogP contribution in [0.15, 0.2) is 0 Å². The van der Waals surface area contributed by atoms with E-state index in [4.69, 9.17) is 1.41 Å². The van der Waals surface area contributed by atoms with Gasteiger partial charge in [-0.05, 0) is 52.4 Å². The van der Waals surface area contributed by atoms with E-state index in [-0.39, 0.29) is 11.1 Å². The van der Waals surface area contributed by atoms with Crippen LogP contribution in [0, 0.1) is 11.8 Å². The van der Waals surface area contributed by atoms with Gasteiger partial charge in [0.05, 0.1) is 0 Å². The first-order valence-corrected chi connectivity index (χ1v) is 5.46. The van der Waals surface area contributed by atoms with Gasteiger partial charge in [-0.15, -0.1) is 0 Å². The fourth-order valence-electron chi connectivity index (χ4n) is 2.74. The summed E-state index contributed by atoms with van der Waals surface area (Å²) < 4.78 is 8.14. The average molecular weight is 185 g/mol. The highest BCUT2D eigenvalue weighted by Crippen LogP contribution is 2.36. The van der Waals surface area contributed by atoms with Crippen molar-refractivity contribution in [2.45, 2.75) is 65.5 Å². The lowest BCUT2D eigenvalue weighted by atomic mass is 9.72. The molecule has 0 aromatic rings. The zero-order valence-electron chi connectivity index (χ0n) is 11.0. The normalized spacial score (nSPS) is 30.5. The Bertz CT molecular complexity index is 190. The Morgan fingerprint density at radius 2 is 1.54 bits per heavy atom. The van der Waals surface area contributed by atoms with E-state index >= 15 is 0 Å². The van der Waals surface area contributed by atoms with Crippen molar-refractivity contribution in [3.8, 4) is 0 Å². The fraction of sp³-hybridized carbons (Fsp3) is 1.00. The second-order valence-electron chi connectivity index (χ2n) is 6.15. The summed E-state index contributed by atoms with van der Waals surface area (Å²) in [5.41, 5.74) is 0.0490. The van der Waals surface area contributed by atoms with Crippen LogP contribution in [-0.2, 0) is 0 Å². The molecule has 1 rings (SSSR count). The van der Waals surface area contributed by atoms with Gasteiger partial charge in [0.15, 0.2) is 0 Å². The molecule has 1 aliphatic heterocycles.